The van der Waals surface area contributed by atoms with Gasteiger partial charge in [-0.3, -0.25) is 4.79 Å². The maximum atomic E-state index is 12.5. The number of piperidine rings is 1. The van der Waals surface area contributed by atoms with Crippen molar-refractivity contribution >= 4 is 16.9 Å². The lowest BCUT2D eigenvalue weighted by molar-refractivity contribution is -0.131. The molecule has 0 radical (unpaired) electrons. The van der Waals surface area contributed by atoms with Crippen LogP contribution in [-0.2, 0) is 11.2 Å². The number of hydrogen-bond donors (Lipinski definition) is 2. The Morgan fingerprint density at radius 1 is 1.45 bits per heavy atom. The minimum atomic E-state index is 0.233. The van der Waals surface area contributed by atoms with Crippen LogP contribution in [-0.4, -0.2) is 47.5 Å². The van der Waals surface area contributed by atoms with Crippen molar-refractivity contribution < 1.29 is 4.79 Å². The highest BCUT2D eigenvalue weighted by Gasteiger charge is 2.23. The lowest BCUT2D eigenvalue weighted by atomic mass is 9.93. The molecule has 1 fully saturated rings. The number of aromatic amines is 1. The number of amides is 1. The van der Waals surface area contributed by atoms with Gasteiger partial charge in [-0.25, -0.2) is 4.98 Å². The highest BCUT2D eigenvalue weighted by Crippen LogP contribution is 2.22. The fourth-order valence-electron chi connectivity index (χ4n) is 3.25. The lowest BCUT2D eigenvalue weighted by Crippen LogP contribution is -2.39. The molecule has 0 aromatic carbocycles. The van der Waals surface area contributed by atoms with Crippen molar-refractivity contribution in [2.75, 3.05) is 26.7 Å². The van der Waals surface area contributed by atoms with Crippen LogP contribution in [0.3, 0.4) is 0 Å². The summed E-state index contributed by atoms with van der Waals surface area (Å²) in [4.78, 5) is 21.9. The number of aromatic nitrogens is 2. The first-order valence-corrected chi connectivity index (χ1v) is 8.11. The molecular weight excluding hydrogens is 276 g/mol. The van der Waals surface area contributed by atoms with E-state index in [1.165, 1.54) is 6.42 Å². The van der Waals surface area contributed by atoms with Gasteiger partial charge in [0.15, 0.2) is 0 Å². The Bertz CT molecular complexity index is 628. The molecule has 0 unspecified atom stereocenters. The van der Waals surface area contributed by atoms with E-state index in [4.69, 9.17) is 0 Å². The van der Waals surface area contributed by atoms with Crippen molar-refractivity contribution in [1.29, 1.82) is 0 Å². The summed E-state index contributed by atoms with van der Waals surface area (Å²) in [5.41, 5.74) is 1.90. The van der Waals surface area contributed by atoms with Gasteiger partial charge in [0.25, 0.3) is 0 Å². The fraction of sp³-hybridized carbons (Fsp3) is 0.529. The lowest BCUT2D eigenvalue weighted by Gasteiger charge is -2.32. The molecule has 3 heterocycles. The minimum absolute atomic E-state index is 0.233. The van der Waals surface area contributed by atoms with Crippen LogP contribution in [0, 0.1) is 5.92 Å². The predicted octanol–water partition coefficient (Wildman–Crippen LogP) is 1.95. The van der Waals surface area contributed by atoms with E-state index in [1.54, 1.807) is 6.20 Å². The van der Waals surface area contributed by atoms with Gasteiger partial charge in [-0.2, -0.15) is 0 Å². The second-order valence-corrected chi connectivity index (χ2v) is 6.11. The molecule has 118 valence electrons. The summed E-state index contributed by atoms with van der Waals surface area (Å²) in [5.74, 6) is 0.991. The molecule has 1 aliphatic rings. The van der Waals surface area contributed by atoms with Gasteiger partial charge < -0.3 is 15.2 Å². The van der Waals surface area contributed by atoms with Gasteiger partial charge in [0.2, 0.25) is 5.91 Å². The normalized spacial score (nSPS) is 16.3. The predicted molar refractivity (Wildman–Crippen MR) is 87.6 cm³/mol. The first kappa shape index (κ1) is 15.0. The summed E-state index contributed by atoms with van der Waals surface area (Å²) in [6, 6.07) is 3.93. The number of pyridine rings is 1. The van der Waals surface area contributed by atoms with Crippen LogP contribution in [0.2, 0.25) is 0 Å². The van der Waals surface area contributed by atoms with Crippen LogP contribution in [0.4, 0.5) is 0 Å². The molecule has 0 atom stereocenters. The molecule has 5 heteroatoms. The molecule has 3 rings (SSSR count). The largest absolute Gasteiger partial charge is 0.346 e. The second kappa shape index (κ2) is 6.92. The number of rotatable bonds is 5. The standard InChI is InChI=1S/C17H24N4O/c1-18-8-4-13-5-9-21(10-6-13)16(22)11-14-12-20-17-15(14)3-2-7-19-17/h2-3,7,12-13,18H,4-6,8-11H2,1H3,(H,19,20). The molecule has 2 aromatic heterocycles. The molecule has 5 nitrogen and oxygen atoms in total. The Balaban J connectivity index is 1.57. The summed E-state index contributed by atoms with van der Waals surface area (Å²) in [6.07, 6.45) is 7.61. The number of H-pyrrole nitrogens is 1. The first-order valence-electron chi connectivity index (χ1n) is 8.11. The topological polar surface area (TPSA) is 61.0 Å². The molecule has 0 spiro atoms. The van der Waals surface area contributed by atoms with Gasteiger partial charge in [-0.05, 0) is 56.5 Å². The number of hydrogen-bond acceptors (Lipinski definition) is 3. The number of likely N-dealkylation sites (tertiary alicyclic amines) is 1. The minimum Gasteiger partial charge on any atom is -0.346 e. The Morgan fingerprint density at radius 3 is 3.05 bits per heavy atom. The Hall–Kier alpha value is -1.88. The van der Waals surface area contributed by atoms with E-state index in [9.17, 15) is 4.79 Å². The molecular formula is C17H24N4O. The first-order chi connectivity index (χ1) is 10.8. The van der Waals surface area contributed by atoms with Crippen molar-refractivity contribution in [3.8, 4) is 0 Å². The van der Waals surface area contributed by atoms with E-state index in [2.05, 4.69) is 15.3 Å². The van der Waals surface area contributed by atoms with E-state index in [0.29, 0.717) is 6.42 Å². The van der Waals surface area contributed by atoms with Gasteiger partial charge in [0.05, 0.1) is 6.42 Å². The number of nitrogens with zero attached hydrogens (tertiary/aromatic N) is 2. The van der Waals surface area contributed by atoms with E-state index < -0.39 is 0 Å². The monoisotopic (exact) mass is 300 g/mol. The summed E-state index contributed by atoms with van der Waals surface area (Å²) < 4.78 is 0. The van der Waals surface area contributed by atoms with Crippen LogP contribution >= 0.6 is 0 Å². The summed E-state index contributed by atoms with van der Waals surface area (Å²) in [5, 5.41) is 4.26. The molecule has 2 aromatic rings. The van der Waals surface area contributed by atoms with Gasteiger partial charge in [-0.15, -0.1) is 0 Å². The Morgan fingerprint density at radius 2 is 2.27 bits per heavy atom. The average Bonchev–Trinajstić information content (AvgIpc) is 2.96. The highest BCUT2D eigenvalue weighted by molar-refractivity contribution is 5.87. The zero-order valence-corrected chi connectivity index (χ0v) is 13.1. The third kappa shape index (κ3) is 3.30. The maximum absolute atomic E-state index is 12.5. The second-order valence-electron chi connectivity index (χ2n) is 6.11. The summed E-state index contributed by atoms with van der Waals surface area (Å²) in [7, 11) is 1.99. The zero-order chi connectivity index (χ0) is 15.4. The van der Waals surface area contributed by atoms with Crippen molar-refractivity contribution in [1.82, 2.24) is 20.2 Å². The molecule has 1 aliphatic heterocycles. The molecule has 1 saturated heterocycles. The number of carbonyl (C=O) groups is 1. The highest BCUT2D eigenvalue weighted by atomic mass is 16.2. The van der Waals surface area contributed by atoms with E-state index in [0.717, 1.165) is 55.0 Å². The zero-order valence-electron chi connectivity index (χ0n) is 13.1. The molecule has 22 heavy (non-hydrogen) atoms. The third-order valence-electron chi connectivity index (χ3n) is 4.65. The Kier molecular flexibility index (Phi) is 4.73. The van der Waals surface area contributed by atoms with Crippen LogP contribution in [0.15, 0.2) is 24.5 Å². The molecule has 0 saturated carbocycles. The number of nitrogens with one attached hydrogen (secondary N) is 2. The van der Waals surface area contributed by atoms with Crippen LogP contribution in [0.1, 0.15) is 24.8 Å². The van der Waals surface area contributed by atoms with Crippen LogP contribution < -0.4 is 5.32 Å². The van der Waals surface area contributed by atoms with Crippen molar-refractivity contribution in [2.24, 2.45) is 5.92 Å². The van der Waals surface area contributed by atoms with E-state index in [1.807, 2.05) is 30.3 Å². The van der Waals surface area contributed by atoms with Gasteiger partial charge in [0.1, 0.15) is 5.65 Å². The molecule has 2 N–H and O–H groups in total. The fourth-order valence-corrected chi connectivity index (χ4v) is 3.25. The SMILES string of the molecule is CNCCC1CCN(C(=O)Cc2c[nH]c3ncccc23)CC1. The van der Waals surface area contributed by atoms with Gasteiger partial charge in [-0.1, -0.05) is 0 Å². The van der Waals surface area contributed by atoms with Crippen molar-refractivity contribution in [3.05, 3.63) is 30.1 Å². The van der Waals surface area contributed by atoms with Crippen molar-refractivity contribution in [2.45, 2.75) is 25.7 Å². The number of carbonyl (C=O) groups excluding carboxylic acids is 1. The maximum Gasteiger partial charge on any atom is 0.227 e. The van der Waals surface area contributed by atoms with Crippen molar-refractivity contribution in [3.63, 3.8) is 0 Å². The van der Waals surface area contributed by atoms with Crippen LogP contribution in [0.5, 0.6) is 0 Å². The quantitative estimate of drug-likeness (QED) is 0.887. The Labute approximate surface area is 131 Å². The number of fused-ring (bicyclic) bond motifs is 1. The van der Waals surface area contributed by atoms with E-state index in [-0.39, 0.29) is 5.91 Å². The summed E-state index contributed by atoms with van der Waals surface area (Å²) in [6.45, 7) is 2.86. The molecule has 0 aliphatic carbocycles. The smallest absolute Gasteiger partial charge is 0.227 e. The summed E-state index contributed by atoms with van der Waals surface area (Å²) >= 11 is 0. The van der Waals surface area contributed by atoms with Gasteiger partial charge in [0, 0.05) is 30.9 Å². The third-order valence-corrected chi connectivity index (χ3v) is 4.65. The van der Waals surface area contributed by atoms with E-state index >= 15 is 0 Å². The van der Waals surface area contributed by atoms with Crippen LogP contribution in [0.25, 0.3) is 11.0 Å². The van der Waals surface area contributed by atoms with Gasteiger partial charge >= 0.3 is 0 Å². The molecule has 1 amide bonds. The average molecular weight is 300 g/mol. The molecule has 0 bridgehead atoms.